The number of aromatic nitrogens is 1. The zero-order valence-corrected chi connectivity index (χ0v) is 23.7. The molecule has 3 heterocycles. The van der Waals surface area contributed by atoms with Gasteiger partial charge in [0.05, 0.1) is 45.7 Å². The van der Waals surface area contributed by atoms with Crippen molar-refractivity contribution in [3.63, 3.8) is 0 Å². The number of carbonyl (C=O) groups excluding carboxylic acids is 1. The SMILES string of the molecule is COC(=O)C[C@H](c1oc(CN2CCN(c3ccc(OC)cc3)CC2)cc(=O)c1O)c1cc2ccc(OC)cc2[nH]c1=O. The van der Waals surface area contributed by atoms with Gasteiger partial charge in [-0.2, -0.15) is 0 Å². The molecule has 2 aromatic carbocycles. The molecule has 1 saturated heterocycles. The molecule has 4 aromatic rings. The summed E-state index contributed by atoms with van der Waals surface area (Å²) < 4.78 is 21.5. The van der Waals surface area contributed by atoms with E-state index in [-0.39, 0.29) is 17.7 Å². The third-order valence-corrected chi connectivity index (χ3v) is 7.56. The van der Waals surface area contributed by atoms with Crippen LogP contribution >= 0.6 is 0 Å². The van der Waals surface area contributed by atoms with E-state index in [9.17, 15) is 19.5 Å². The fourth-order valence-electron chi connectivity index (χ4n) is 5.22. The molecular weight excluding hydrogens is 542 g/mol. The zero-order valence-electron chi connectivity index (χ0n) is 23.7. The van der Waals surface area contributed by atoms with Crippen LogP contribution in [0.2, 0.25) is 0 Å². The van der Waals surface area contributed by atoms with Gasteiger partial charge in [0.25, 0.3) is 5.56 Å². The molecule has 1 aliphatic rings. The monoisotopic (exact) mass is 575 g/mol. The molecule has 0 spiro atoms. The molecule has 11 nitrogen and oxygen atoms in total. The van der Waals surface area contributed by atoms with Crippen LogP contribution in [0.15, 0.2) is 68.6 Å². The number of anilines is 1. The molecule has 42 heavy (non-hydrogen) atoms. The molecule has 1 atom stereocenters. The molecule has 5 rings (SSSR count). The lowest BCUT2D eigenvalue weighted by molar-refractivity contribution is -0.140. The van der Waals surface area contributed by atoms with E-state index >= 15 is 0 Å². The quantitative estimate of drug-likeness (QED) is 0.287. The van der Waals surface area contributed by atoms with Crippen molar-refractivity contribution in [2.75, 3.05) is 52.4 Å². The lowest BCUT2D eigenvalue weighted by Gasteiger charge is -2.36. The second-order valence-electron chi connectivity index (χ2n) is 10.1. The average molecular weight is 576 g/mol. The summed E-state index contributed by atoms with van der Waals surface area (Å²) in [6.07, 6.45) is -0.318. The van der Waals surface area contributed by atoms with Crippen molar-refractivity contribution >= 4 is 22.6 Å². The highest BCUT2D eigenvalue weighted by Gasteiger charge is 2.29. The van der Waals surface area contributed by atoms with Gasteiger partial charge in [0, 0.05) is 49.6 Å². The Morgan fingerprint density at radius 1 is 0.952 bits per heavy atom. The van der Waals surface area contributed by atoms with Crippen molar-refractivity contribution in [1.29, 1.82) is 0 Å². The van der Waals surface area contributed by atoms with Crippen LogP contribution in [-0.4, -0.2) is 68.5 Å². The molecule has 0 bridgehead atoms. The smallest absolute Gasteiger partial charge is 0.306 e. The Morgan fingerprint density at radius 2 is 1.64 bits per heavy atom. The number of hydrogen-bond acceptors (Lipinski definition) is 10. The topological polar surface area (TPSA) is 135 Å². The minimum absolute atomic E-state index is 0.154. The number of benzene rings is 2. The van der Waals surface area contributed by atoms with Crippen LogP contribution in [0.5, 0.6) is 17.2 Å². The fraction of sp³-hybridized carbons (Fsp3) is 0.323. The average Bonchev–Trinajstić information content (AvgIpc) is 3.01. The highest BCUT2D eigenvalue weighted by molar-refractivity contribution is 5.81. The Balaban J connectivity index is 1.42. The first-order chi connectivity index (χ1) is 20.3. The van der Waals surface area contributed by atoms with E-state index < -0.39 is 28.6 Å². The second-order valence-corrected chi connectivity index (χ2v) is 10.1. The molecule has 0 saturated carbocycles. The van der Waals surface area contributed by atoms with E-state index in [4.69, 9.17) is 18.6 Å². The maximum Gasteiger partial charge on any atom is 0.306 e. The summed E-state index contributed by atoms with van der Waals surface area (Å²) in [6.45, 7) is 3.28. The lowest BCUT2D eigenvalue weighted by atomic mass is 9.92. The first-order valence-corrected chi connectivity index (χ1v) is 13.5. The summed E-state index contributed by atoms with van der Waals surface area (Å²) in [7, 11) is 4.39. The summed E-state index contributed by atoms with van der Waals surface area (Å²) in [4.78, 5) is 45.8. The van der Waals surface area contributed by atoms with Gasteiger partial charge in [-0.25, -0.2) is 0 Å². The number of rotatable bonds is 9. The van der Waals surface area contributed by atoms with E-state index in [0.29, 0.717) is 42.0 Å². The van der Waals surface area contributed by atoms with Crippen LogP contribution < -0.4 is 25.4 Å². The van der Waals surface area contributed by atoms with Gasteiger partial charge in [-0.3, -0.25) is 19.3 Å². The summed E-state index contributed by atoms with van der Waals surface area (Å²) in [5.41, 5.74) is 0.639. The Labute approximate surface area is 241 Å². The van der Waals surface area contributed by atoms with Gasteiger partial charge in [-0.15, -0.1) is 0 Å². The third kappa shape index (κ3) is 6.10. The number of aromatic hydroxyl groups is 1. The summed E-state index contributed by atoms with van der Waals surface area (Å²) in [5.74, 6) is -0.805. The van der Waals surface area contributed by atoms with Gasteiger partial charge in [0.1, 0.15) is 17.3 Å². The molecule has 0 amide bonds. The van der Waals surface area contributed by atoms with E-state index in [1.165, 1.54) is 20.3 Å². The minimum atomic E-state index is -1.06. The summed E-state index contributed by atoms with van der Waals surface area (Å²) in [5, 5.41) is 11.5. The number of H-pyrrole nitrogens is 1. The van der Waals surface area contributed by atoms with Gasteiger partial charge < -0.3 is 33.6 Å². The Hall–Kier alpha value is -4.77. The highest BCUT2D eigenvalue weighted by atomic mass is 16.5. The van der Waals surface area contributed by atoms with Crippen molar-refractivity contribution in [1.82, 2.24) is 9.88 Å². The van der Waals surface area contributed by atoms with E-state index in [1.807, 2.05) is 24.3 Å². The number of fused-ring (bicyclic) bond motifs is 1. The first kappa shape index (κ1) is 28.7. The molecule has 220 valence electrons. The van der Waals surface area contributed by atoms with Crippen molar-refractivity contribution in [3.8, 4) is 17.2 Å². The van der Waals surface area contributed by atoms with Crippen LogP contribution in [0.3, 0.4) is 0 Å². The Bertz CT molecular complexity index is 1690. The number of esters is 1. The predicted molar refractivity (Wildman–Crippen MR) is 157 cm³/mol. The molecule has 0 unspecified atom stereocenters. The predicted octanol–water partition coefficient (Wildman–Crippen LogP) is 3.22. The maximum absolute atomic E-state index is 13.2. The number of ether oxygens (including phenoxy) is 3. The standard InChI is InChI=1S/C31H33N3O8/c1-39-21-8-5-20(6-9-21)34-12-10-33(11-13-34)18-23-16-27(35)29(37)30(42-23)24(17-28(36)41-3)25-14-19-4-7-22(40-2)15-26(19)32-31(25)38/h4-9,14-16,24,37H,10-13,17-18H2,1-3H3,(H,32,38)/t24-/m0/s1. The van der Waals surface area contributed by atoms with Crippen LogP contribution in [-0.2, 0) is 16.1 Å². The number of nitrogens with zero attached hydrogens (tertiary/aromatic N) is 2. The molecule has 0 radical (unpaired) electrons. The number of carbonyl (C=O) groups is 1. The van der Waals surface area contributed by atoms with Crippen LogP contribution in [0.1, 0.15) is 29.4 Å². The fourth-order valence-corrected chi connectivity index (χ4v) is 5.22. The molecule has 2 aromatic heterocycles. The minimum Gasteiger partial charge on any atom is -0.502 e. The number of hydrogen-bond donors (Lipinski definition) is 2. The molecule has 2 N–H and O–H groups in total. The number of methoxy groups -OCH3 is 3. The van der Waals surface area contributed by atoms with Gasteiger partial charge in [-0.05, 0) is 47.9 Å². The Morgan fingerprint density at radius 3 is 2.31 bits per heavy atom. The highest BCUT2D eigenvalue weighted by Crippen LogP contribution is 2.33. The van der Waals surface area contributed by atoms with Crippen LogP contribution in [0.25, 0.3) is 10.9 Å². The van der Waals surface area contributed by atoms with E-state index in [2.05, 4.69) is 14.8 Å². The van der Waals surface area contributed by atoms with Gasteiger partial charge in [0.2, 0.25) is 11.2 Å². The summed E-state index contributed by atoms with van der Waals surface area (Å²) in [6, 6.07) is 16.0. The maximum atomic E-state index is 13.2. The first-order valence-electron chi connectivity index (χ1n) is 13.5. The van der Waals surface area contributed by atoms with Crippen molar-refractivity contribution in [2.24, 2.45) is 0 Å². The zero-order chi connectivity index (χ0) is 29.8. The normalized spacial score (nSPS) is 14.5. The van der Waals surface area contributed by atoms with Crippen LogP contribution in [0, 0.1) is 0 Å². The molecule has 1 fully saturated rings. The molecule has 0 aliphatic carbocycles. The number of nitrogens with one attached hydrogen (secondary N) is 1. The second kappa shape index (κ2) is 12.4. The largest absolute Gasteiger partial charge is 0.502 e. The van der Waals surface area contributed by atoms with Crippen LogP contribution in [0.4, 0.5) is 5.69 Å². The number of pyridine rings is 1. The number of aromatic amines is 1. The summed E-state index contributed by atoms with van der Waals surface area (Å²) >= 11 is 0. The van der Waals surface area contributed by atoms with Gasteiger partial charge in [-0.1, -0.05) is 0 Å². The Kier molecular flexibility index (Phi) is 8.48. The van der Waals surface area contributed by atoms with Crippen molar-refractivity contribution < 1.29 is 28.5 Å². The lowest BCUT2D eigenvalue weighted by Crippen LogP contribution is -2.46. The van der Waals surface area contributed by atoms with Crippen molar-refractivity contribution in [2.45, 2.75) is 18.9 Å². The van der Waals surface area contributed by atoms with E-state index in [1.54, 1.807) is 31.4 Å². The van der Waals surface area contributed by atoms with Gasteiger partial charge in [0.15, 0.2) is 5.76 Å². The van der Waals surface area contributed by atoms with E-state index in [0.717, 1.165) is 24.5 Å². The van der Waals surface area contributed by atoms with Gasteiger partial charge >= 0.3 is 5.97 Å². The molecule has 11 heteroatoms. The third-order valence-electron chi connectivity index (χ3n) is 7.56. The molecular formula is C31H33N3O8. The molecule has 1 aliphatic heterocycles. The number of piperazine rings is 1. The van der Waals surface area contributed by atoms with Crippen molar-refractivity contribution in [3.05, 3.63) is 92.3 Å².